The van der Waals surface area contributed by atoms with Gasteiger partial charge in [0.05, 0.1) is 17.2 Å². The molecule has 0 heterocycles. The van der Waals surface area contributed by atoms with Crippen molar-refractivity contribution in [1.82, 2.24) is 4.90 Å². The third-order valence-corrected chi connectivity index (χ3v) is 6.63. The van der Waals surface area contributed by atoms with E-state index in [2.05, 4.69) is 11.8 Å². The number of carboxylic acids is 1. The fourth-order valence-electron chi connectivity index (χ4n) is 4.13. The van der Waals surface area contributed by atoms with E-state index < -0.39 is 17.7 Å². The molecule has 4 nitrogen and oxygen atoms in total. The molecule has 37 heavy (non-hydrogen) atoms. The summed E-state index contributed by atoms with van der Waals surface area (Å²) in [5.74, 6) is -0.255. The van der Waals surface area contributed by atoms with Crippen LogP contribution in [-0.2, 0) is 22.3 Å². The normalized spacial score (nSPS) is 15.6. The highest BCUT2D eigenvalue weighted by Crippen LogP contribution is 2.36. The maximum absolute atomic E-state index is 13.4. The van der Waals surface area contributed by atoms with Crippen molar-refractivity contribution in [2.24, 2.45) is 0 Å². The molecule has 1 N–H and O–H groups in total. The molecule has 2 aromatic rings. The Kier molecular flexibility index (Phi) is 10.3. The molecule has 1 unspecified atom stereocenters. The average molecular weight is 554 g/mol. The molecule has 0 radical (unpaired) electrons. The fourth-order valence-corrected chi connectivity index (χ4v) is 4.55. The number of aliphatic carboxylic acids is 1. The molecule has 3 rings (SSSR count). The maximum atomic E-state index is 13.4. The summed E-state index contributed by atoms with van der Waals surface area (Å²) in [7, 11) is 0. The minimum absolute atomic E-state index is 0.0951. The van der Waals surface area contributed by atoms with E-state index in [9.17, 15) is 18.0 Å². The Morgan fingerprint density at radius 1 is 1.19 bits per heavy atom. The van der Waals surface area contributed by atoms with Crippen LogP contribution in [0.25, 0.3) is 0 Å². The van der Waals surface area contributed by atoms with E-state index in [4.69, 9.17) is 33.0 Å². The smallest absolute Gasteiger partial charge is 0.417 e. The summed E-state index contributed by atoms with van der Waals surface area (Å²) in [5, 5.41) is 9.29. The van der Waals surface area contributed by atoms with Crippen LogP contribution < -0.4 is 0 Å². The van der Waals surface area contributed by atoms with Crippen LogP contribution in [0.5, 0.6) is 0 Å². The van der Waals surface area contributed by atoms with E-state index in [1.807, 2.05) is 24.3 Å². The summed E-state index contributed by atoms with van der Waals surface area (Å²) in [6.07, 6.45) is 2.87. The predicted molar refractivity (Wildman–Crippen MR) is 140 cm³/mol. The van der Waals surface area contributed by atoms with Crippen LogP contribution >= 0.6 is 23.2 Å². The Hall–Kier alpha value is -2.74. The highest BCUT2D eigenvalue weighted by atomic mass is 35.5. The Labute approximate surface area is 224 Å². The molecule has 0 saturated heterocycles. The molecule has 0 bridgehead atoms. The Balaban J connectivity index is 1.67. The van der Waals surface area contributed by atoms with Gasteiger partial charge in [0.1, 0.15) is 5.76 Å². The van der Waals surface area contributed by atoms with Gasteiger partial charge in [-0.2, -0.15) is 13.2 Å². The molecule has 2 aromatic carbocycles. The van der Waals surface area contributed by atoms with Crippen molar-refractivity contribution in [2.45, 2.75) is 38.4 Å². The standard InChI is InChI=1S/C28H28Cl2F3NO3/c1-19(21-9-11-23(29)12-10-21)17-34(18-22-6-3-8-25(27(22)30)28(31,32)33)13-4-14-37-24-7-2-5-20(15-24)16-26(35)36/h2-3,5-12,16,19H,4,13-15,17-18H2,1H3,(H,35,36). The number of alkyl halides is 3. The van der Waals surface area contributed by atoms with Crippen molar-refractivity contribution >= 4 is 29.2 Å². The molecule has 0 aromatic heterocycles. The van der Waals surface area contributed by atoms with E-state index in [-0.39, 0.29) is 17.5 Å². The number of rotatable bonds is 11. The summed E-state index contributed by atoms with van der Waals surface area (Å²) in [5.41, 5.74) is 1.27. The van der Waals surface area contributed by atoms with Crippen molar-refractivity contribution in [2.75, 3.05) is 19.7 Å². The van der Waals surface area contributed by atoms with Crippen molar-refractivity contribution in [3.8, 4) is 0 Å². The molecule has 0 fully saturated rings. The molecule has 0 saturated carbocycles. The zero-order chi connectivity index (χ0) is 27.0. The lowest BCUT2D eigenvalue weighted by atomic mass is 10.00. The number of halogens is 5. The summed E-state index contributed by atoms with van der Waals surface area (Å²) in [4.78, 5) is 13.0. The van der Waals surface area contributed by atoms with Crippen LogP contribution in [0.2, 0.25) is 10.0 Å². The number of carbonyl (C=O) groups is 1. The summed E-state index contributed by atoms with van der Waals surface area (Å²) in [6, 6.07) is 11.5. The molecular formula is C28H28Cl2F3NO3. The molecule has 0 spiro atoms. The van der Waals surface area contributed by atoms with Crippen molar-refractivity contribution in [3.63, 3.8) is 0 Å². The monoisotopic (exact) mass is 553 g/mol. The van der Waals surface area contributed by atoms with Gasteiger partial charge in [0.25, 0.3) is 0 Å². The fraction of sp³-hybridized carbons (Fsp3) is 0.321. The topological polar surface area (TPSA) is 49.8 Å². The number of ether oxygens (including phenoxy) is 1. The molecule has 0 aliphatic heterocycles. The van der Waals surface area contributed by atoms with E-state index in [1.165, 1.54) is 6.07 Å². The van der Waals surface area contributed by atoms with Crippen LogP contribution in [0.15, 0.2) is 78.1 Å². The minimum Gasteiger partial charge on any atom is -0.498 e. The Morgan fingerprint density at radius 2 is 1.92 bits per heavy atom. The molecule has 198 valence electrons. The number of hydrogen-bond acceptors (Lipinski definition) is 3. The first kappa shape index (κ1) is 28.8. The highest BCUT2D eigenvalue weighted by Gasteiger charge is 2.34. The third-order valence-electron chi connectivity index (χ3n) is 5.93. The second-order valence-electron chi connectivity index (χ2n) is 8.89. The van der Waals surface area contributed by atoms with Crippen LogP contribution in [0.3, 0.4) is 0 Å². The minimum atomic E-state index is -4.53. The number of carboxylic acid groups (broad SMARTS) is 1. The lowest BCUT2D eigenvalue weighted by Crippen LogP contribution is -2.29. The Morgan fingerprint density at radius 3 is 2.59 bits per heavy atom. The van der Waals surface area contributed by atoms with Crippen LogP contribution in [-0.4, -0.2) is 35.7 Å². The quantitative estimate of drug-likeness (QED) is 0.227. The SMILES string of the molecule is CC(CN(CCCOC1=CC=CC(=CC(=O)O)C1)Cc1cccc(C(F)(F)F)c1Cl)c1ccc(Cl)cc1. The first-order chi connectivity index (χ1) is 17.5. The van der Waals surface area contributed by atoms with Gasteiger partial charge in [-0.25, -0.2) is 4.79 Å². The van der Waals surface area contributed by atoms with Gasteiger partial charge in [-0.1, -0.05) is 66.5 Å². The highest BCUT2D eigenvalue weighted by molar-refractivity contribution is 6.32. The lowest BCUT2D eigenvalue weighted by Gasteiger charge is -2.27. The molecule has 1 aliphatic rings. The Bertz CT molecular complexity index is 1170. The second-order valence-corrected chi connectivity index (χ2v) is 9.71. The van der Waals surface area contributed by atoms with Crippen molar-refractivity contribution < 1.29 is 27.8 Å². The average Bonchev–Trinajstić information content (AvgIpc) is 2.82. The molecule has 1 atom stereocenters. The van der Waals surface area contributed by atoms with Crippen LogP contribution in [0, 0.1) is 0 Å². The van der Waals surface area contributed by atoms with Gasteiger partial charge in [0.2, 0.25) is 0 Å². The van der Waals surface area contributed by atoms with E-state index >= 15 is 0 Å². The molecular weight excluding hydrogens is 526 g/mol. The van der Waals surface area contributed by atoms with Crippen LogP contribution in [0.1, 0.15) is 42.4 Å². The molecule has 9 heteroatoms. The number of allylic oxidation sites excluding steroid dienone is 4. The first-order valence-electron chi connectivity index (χ1n) is 11.8. The summed E-state index contributed by atoms with van der Waals surface area (Å²) < 4.78 is 46.0. The van der Waals surface area contributed by atoms with E-state index in [0.717, 1.165) is 17.7 Å². The first-order valence-corrected chi connectivity index (χ1v) is 12.5. The zero-order valence-electron chi connectivity index (χ0n) is 20.3. The van der Waals surface area contributed by atoms with Gasteiger partial charge >= 0.3 is 12.1 Å². The number of benzene rings is 2. The van der Waals surface area contributed by atoms with Crippen molar-refractivity contribution in [3.05, 3.63) is 105 Å². The van der Waals surface area contributed by atoms with Gasteiger partial charge in [-0.15, -0.1) is 0 Å². The van der Waals surface area contributed by atoms with Gasteiger partial charge in [0.15, 0.2) is 0 Å². The predicted octanol–water partition coefficient (Wildman–Crippen LogP) is 7.88. The molecule has 0 amide bonds. The molecule has 1 aliphatic carbocycles. The van der Waals surface area contributed by atoms with Crippen molar-refractivity contribution in [1.29, 1.82) is 0 Å². The second kappa shape index (κ2) is 13.2. The van der Waals surface area contributed by atoms with Crippen LogP contribution in [0.4, 0.5) is 13.2 Å². The largest absolute Gasteiger partial charge is 0.498 e. The number of nitrogens with zero attached hydrogens (tertiary/aromatic N) is 1. The third kappa shape index (κ3) is 8.95. The summed E-state index contributed by atoms with van der Waals surface area (Å²) >= 11 is 12.2. The van der Waals surface area contributed by atoms with Gasteiger partial charge in [-0.05, 0) is 53.3 Å². The number of hydrogen-bond donors (Lipinski definition) is 1. The maximum Gasteiger partial charge on any atom is 0.417 e. The zero-order valence-corrected chi connectivity index (χ0v) is 21.8. The van der Waals surface area contributed by atoms with E-state index in [1.54, 1.807) is 24.3 Å². The van der Waals surface area contributed by atoms with Gasteiger partial charge < -0.3 is 9.84 Å². The lowest BCUT2D eigenvalue weighted by molar-refractivity contribution is -0.137. The van der Waals surface area contributed by atoms with Gasteiger partial charge in [-0.3, -0.25) is 4.90 Å². The van der Waals surface area contributed by atoms with Gasteiger partial charge in [0, 0.05) is 37.2 Å². The summed E-state index contributed by atoms with van der Waals surface area (Å²) in [6.45, 7) is 3.83. The van der Waals surface area contributed by atoms with E-state index in [0.29, 0.717) is 54.5 Å².